The third-order valence-electron chi connectivity index (χ3n) is 4.90. The van der Waals surface area contributed by atoms with Crippen molar-refractivity contribution in [2.24, 2.45) is 0 Å². The predicted octanol–water partition coefficient (Wildman–Crippen LogP) is 4.73. The van der Waals surface area contributed by atoms with Crippen LogP contribution in [0.1, 0.15) is 51.5 Å². The maximum atomic E-state index is 12.0. The number of hydrogen-bond donors (Lipinski definition) is 0. The van der Waals surface area contributed by atoms with Crippen LogP contribution in [0, 0.1) is 6.92 Å². The van der Waals surface area contributed by atoms with Gasteiger partial charge in [0.15, 0.2) is 5.78 Å². The Hall–Kier alpha value is -2.15. The summed E-state index contributed by atoms with van der Waals surface area (Å²) in [5.41, 5.74) is 11.4. The first-order chi connectivity index (χ1) is 10.1. The van der Waals surface area contributed by atoms with Gasteiger partial charge in [-0.2, -0.15) is 0 Å². The van der Waals surface area contributed by atoms with Crippen molar-refractivity contribution in [3.63, 3.8) is 0 Å². The minimum absolute atomic E-state index is 0.301. The zero-order valence-electron chi connectivity index (χ0n) is 12.5. The smallest absolute Gasteiger partial charge is 0.163 e. The lowest BCUT2D eigenvalue weighted by Crippen LogP contribution is -1.94. The Bertz CT molecular complexity index is 824. The van der Waals surface area contributed by atoms with Crippen LogP contribution in [-0.4, -0.2) is 5.78 Å². The molecule has 0 unspecified atom stereocenters. The lowest BCUT2D eigenvalue weighted by Gasteiger charge is -2.13. The Kier molecular flexibility index (Phi) is 2.50. The zero-order chi connectivity index (χ0) is 14.7. The number of carbonyl (C=O) groups is 1. The Morgan fingerprint density at radius 1 is 1.05 bits per heavy atom. The second-order valence-electron chi connectivity index (χ2n) is 6.29. The molecule has 0 spiro atoms. The number of carbonyl (C=O) groups excluding carboxylic acids is 1. The average Bonchev–Trinajstić information content (AvgIpc) is 3.00. The molecule has 21 heavy (non-hydrogen) atoms. The van der Waals surface area contributed by atoms with Crippen molar-refractivity contribution in [3.05, 3.63) is 64.2 Å². The summed E-state index contributed by atoms with van der Waals surface area (Å²) in [4.78, 5) is 12.0. The molecule has 0 radical (unpaired) electrons. The molecule has 0 aliphatic heterocycles. The molecule has 0 saturated heterocycles. The van der Waals surface area contributed by atoms with E-state index >= 15 is 0 Å². The minimum atomic E-state index is 0.301. The Morgan fingerprint density at radius 3 is 2.62 bits per heavy atom. The molecule has 2 aliphatic rings. The second-order valence-corrected chi connectivity index (χ2v) is 6.29. The molecule has 0 heterocycles. The van der Waals surface area contributed by atoms with Crippen molar-refractivity contribution in [2.45, 2.75) is 33.1 Å². The number of hydrogen-bond acceptors (Lipinski definition) is 1. The Labute approximate surface area is 125 Å². The number of allylic oxidation sites excluding steroid dienone is 1. The highest BCUT2D eigenvalue weighted by molar-refractivity contribution is 6.04. The summed E-state index contributed by atoms with van der Waals surface area (Å²) in [5, 5.41) is 0. The first-order valence-electron chi connectivity index (χ1n) is 7.54. The molecule has 0 amide bonds. The van der Waals surface area contributed by atoms with Gasteiger partial charge in [0.05, 0.1) is 0 Å². The van der Waals surface area contributed by atoms with E-state index in [1.54, 1.807) is 0 Å². The van der Waals surface area contributed by atoms with Crippen molar-refractivity contribution >= 4 is 11.4 Å². The van der Waals surface area contributed by atoms with Crippen molar-refractivity contribution in [1.29, 1.82) is 0 Å². The molecule has 0 bridgehead atoms. The van der Waals surface area contributed by atoms with Gasteiger partial charge in [0, 0.05) is 12.0 Å². The first kappa shape index (κ1) is 12.6. The third-order valence-corrected chi connectivity index (χ3v) is 4.90. The Morgan fingerprint density at radius 2 is 1.86 bits per heavy atom. The van der Waals surface area contributed by atoms with Crippen LogP contribution in [0.15, 0.2) is 30.8 Å². The SMILES string of the molecule is C=C(C)c1ccc(C)c2c1Cc1ccc3c(c1-2)CCC3=O. The normalized spacial score (nSPS) is 14.9. The topological polar surface area (TPSA) is 17.1 Å². The van der Waals surface area contributed by atoms with E-state index in [1.807, 2.05) is 6.07 Å². The third kappa shape index (κ3) is 1.61. The van der Waals surface area contributed by atoms with Crippen LogP contribution in [0.4, 0.5) is 0 Å². The summed E-state index contributed by atoms with van der Waals surface area (Å²) in [7, 11) is 0. The van der Waals surface area contributed by atoms with Gasteiger partial charge in [-0.1, -0.05) is 36.4 Å². The molecule has 0 aromatic heterocycles. The molecule has 1 heteroatoms. The molecular weight excluding hydrogens is 256 g/mol. The fraction of sp³-hybridized carbons (Fsp3) is 0.250. The molecule has 2 aliphatic carbocycles. The van der Waals surface area contributed by atoms with E-state index in [2.05, 4.69) is 38.6 Å². The molecule has 0 fully saturated rings. The van der Waals surface area contributed by atoms with Crippen molar-refractivity contribution < 1.29 is 4.79 Å². The molecular formula is C20H18O. The number of aryl methyl sites for hydroxylation is 1. The first-order valence-corrected chi connectivity index (χ1v) is 7.54. The van der Waals surface area contributed by atoms with E-state index < -0.39 is 0 Å². The highest BCUT2D eigenvalue weighted by Gasteiger charge is 2.30. The van der Waals surface area contributed by atoms with E-state index in [9.17, 15) is 4.79 Å². The number of rotatable bonds is 1. The average molecular weight is 274 g/mol. The van der Waals surface area contributed by atoms with Gasteiger partial charge in [-0.25, -0.2) is 0 Å². The fourth-order valence-electron chi connectivity index (χ4n) is 3.94. The van der Waals surface area contributed by atoms with Crippen LogP contribution in [0.5, 0.6) is 0 Å². The molecule has 2 aromatic rings. The maximum Gasteiger partial charge on any atom is 0.163 e. The summed E-state index contributed by atoms with van der Waals surface area (Å²) in [6, 6.07) is 8.56. The Balaban J connectivity index is 2.06. The highest BCUT2D eigenvalue weighted by Crippen LogP contribution is 2.46. The van der Waals surface area contributed by atoms with Crippen molar-refractivity contribution in [2.75, 3.05) is 0 Å². The summed E-state index contributed by atoms with van der Waals surface area (Å²) in [6.07, 6.45) is 2.53. The summed E-state index contributed by atoms with van der Waals surface area (Å²) in [6.45, 7) is 8.37. The van der Waals surface area contributed by atoms with Gasteiger partial charge >= 0.3 is 0 Å². The van der Waals surface area contributed by atoms with Crippen LogP contribution in [0.2, 0.25) is 0 Å². The monoisotopic (exact) mass is 274 g/mol. The van der Waals surface area contributed by atoms with E-state index in [1.165, 1.54) is 38.9 Å². The number of ketones is 1. The van der Waals surface area contributed by atoms with Crippen molar-refractivity contribution in [3.8, 4) is 11.1 Å². The minimum Gasteiger partial charge on any atom is -0.294 e. The summed E-state index contributed by atoms with van der Waals surface area (Å²) >= 11 is 0. The molecule has 104 valence electrons. The standard InChI is InChI=1S/C20H18O/c1-11(2)14-6-4-12(3)19-17(14)10-13-5-7-15-16(20(13)19)8-9-18(15)21/h4-7H,1,8-10H2,2-3H3. The van der Waals surface area contributed by atoms with Gasteiger partial charge in [-0.3, -0.25) is 4.79 Å². The van der Waals surface area contributed by atoms with E-state index in [-0.39, 0.29) is 0 Å². The lowest BCUT2D eigenvalue weighted by atomic mass is 9.91. The quantitative estimate of drug-likeness (QED) is 0.627. The highest BCUT2D eigenvalue weighted by atomic mass is 16.1. The number of Topliss-reactive ketones (excluding diaryl/α,β-unsaturated/α-hetero) is 1. The molecule has 0 atom stereocenters. The van der Waals surface area contributed by atoms with Gasteiger partial charge in [0.1, 0.15) is 0 Å². The van der Waals surface area contributed by atoms with E-state index in [0.717, 1.165) is 24.0 Å². The molecule has 0 saturated carbocycles. The summed E-state index contributed by atoms with van der Waals surface area (Å²) < 4.78 is 0. The fourth-order valence-corrected chi connectivity index (χ4v) is 3.94. The molecule has 1 nitrogen and oxygen atoms in total. The molecule has 0 N–H and O–H groups in total. The number of fused-ring (bicyclic) bond motifs is 5. The van der Waals surface area contributed by atoms with E-state index in [0.29, 0.717) is 12.2 Å². The van der Waals surface area contributed by atoms with Crippen LogP contribution >= 0.6 is 0 Å². The van der Waals surface area contributed by atoms with Crippen LogP contribution < -0.4 is 0 Å². The number of benzene rings is 2. The van der Waals surface area contributed by atoms with Gasteiger partial charge < -0.3 is 0 Å². The van der Waals surface area contributed by atoms with Gasteiger partial charge in [0.2, 0.25) is 0 Å². The maximum absolute atomic E-state index is 12.0. The summed E-state index contributed by atoms with van der Waals surface area (Å²) in [5.74, 6) is 0.301. The predicted molar refractivity (Wildman–Crippen MR) is 86.8 cm³/mol. The van der Waals surface area contributed by atoms with Crippen LogP contribution in [0.25, 0.3) is 16.7 Å². The second kappa shape index (κ2) is 4.17. The van der Waals surface area contributed by atoms with Crippen LogP contribution in [0.3, 0.4) is 0 Å². The van der Waals surface area contributed by atoms with Gasteiger partial charge in [0.25, 0.3) is 0 Å². The van der Waals surface area contributed by atoms with E-state index in [4.69, 9.17) is 0 Å². The van der Waals surface area contributed by atoms with Gasteiger partial charge in [-0.15, -0.1) is 0 Å². The molecule has 4 rings (SSSR count). The van der Waals surface area contributed by atoms with Crippen LogP contribution in [-0.2, 0) is 12.8 Å². The zero-order valence-corrected chi connectivity index (χ0v) is 12.5. The largest absolute Gasteiger partial charge is 0.294 e. The van der Waals surface area contributed by atoms with Gasteiger partial charge in [-0.05, 0) is 65.6 Å². The van der Waals surface area contributed by atoms with Crippen molar-refractivity contribution in [1.82, 2.24) is 0 Å². The lowest BCUT2D eigenvalue weighted by molar-refractivity contribution is 0.0994. The molecule has 2 aromatic carbocycles.